The maximum atomic E-state index is 5.39. The van der Waals surface area contributed by atoms with E-state index in [1.807, 2.05) is 18.5 Å². The van der Waals surface area contributed by atoms with Crippen LogP contribution >= 0.6 is 23.4 Å². The van der Waals surface area contributed by atoms with Crippen molar-refractivity contribution in [1.29, 1.82) is 0 Å². The summed E-state index contributed by atoms with van der Waals surface area (Å²) in [7, 11) is 0. The Balaban J connectivity index is 2.50. The van der Waals surface area contributed by atoms with E-state index >= 15 is 0 Å². The van der Waals surface area contributed by atoms with Crippen LogP contribution in [0.15, 0.2) is 29.2 Å². The SMILES string of the molecule is CCn1ccnc1SC/C=C/Cl. The van der Waals surface area contributed by atoms with Crippen LogP contribution < -0.4 is 0 Å². The van der Waals surface area contributed by atoms with Crippen molar-refractivity contribution in [2.75, 3.05) is 5.75 Å². The summed E-state index contributed by atoms with van der Waals surface area (Å²) in [5.41, 5.74) is 1.53. The van der Waals surface area contributed by atoms with E-state index in [1.54, 1.807) is 11.8 Å². The predicted octanol–water partition coefficient (Wildman–Crippen LogP) is 2.75. The molecule has 1 heterocycles. The smallest absolute Gasteiger partial charge is 0.168 e. The van der Waals surface area contributed by atoms with E-state index in [0.29, 0.717) is 0 Å². The van der Waals surface area contributed by atoms with E-state index in [0.717, 1.165) is 17.5 Å². The Labute approximate surface area is 81.6 Å². The highest BCUT2D eigenvalue weighted by Gasteiger charge is 1.98. The fourth-order valence-corrected chi connectivity index (χ4v) is 1.86. The van der Waals surface area contributed by atoms with Gasteiger partial charge in [0.05, 0.1) is 0 Å². The van der Waals surface area contributed by atoms with Gasteiger partial charge in [0.25, 0.3) is 0 Å². The number of thioether (sulfide) groups is 1. The maximum absolute atomic E-state index is 5.39. The van der Waals surface area contributed by atoms with Crippen LogP contribution in [0.1, 0.15) is 6.92 Å². The molecule has 12 heavy (non-hydrogen) atoms. The second-order valence-corrected chi connectivity index (χ2v) is 3.41. The molecule has 0 saturated heterocycles. The zero-order valence-corrected chi connectivity index (χ0v) is 8.48. The Morgan fingerprint density at radius 2 is 2.58 bits per heavy atom. The minimum absolute atomic E-state index is 0.876. The van der Waals surface area contributed by atoms with Gasteiger partial charge in [-0.25, -0.2) is 4.98 Å². The van der Waals surface area contributed by atoms with Gasteiger partial charge >= 0.3 is 0 Å². The summed E-state index contributed by atoms with van der Waals surface area (Å²) in [6, 6.07) is 0. The quantitative estimate of drug-likeness (QED) is 0.699. The van der Waals surface area contributed by atoms with Gasteiger partial charge in [-0.15, -0.1) is 0 Å². The summed E-state index contributed by atoms with van der Waals surface area (Å²) in [6.07, 6.45) is 5.70. The summed E-state index contributed by atoms with van der Waals surface area (Å²) in [6.45, 7) is 3.07. The molecule has 0 N–H and O–H groups in total. The molecule has 1 rings (SSSR count). The molecule has 0 aliphatic heterocycles. The van der Waals surface area contributed by atoms with Crippen LogP contribution in [0.5, 0.6) is 0 Å². The lowest BCUT2D eigenvalue weighted by Gasteiger charge is -2.00. The highest BCUT2D eigenvalue weighted by molar-refractivity contribution is 7.99. The number of aromatic nitrogens is 2. The molecule has 0 aromatic carbocycles. The molecule has 0 amide bonds. The molecule has 0 radical (unpaired) electrons. The second kappa shape index (κ2) is 5.27. The fourth-order valence-electron chi connectivity index (χ4n) is 0.835. The number of halogens is 1. The van der Waals surface area contributed by atoms with Gasteiger partial charge in [0.15, 0.2) is 5.16 Å². The van der Waals surface area contributed by atoms with Crippen molar-refractivity contribution in [3.63, 3.8) is 0 Å². The number of hydrogen-bond acceptors (Lipinski definition) is 2. The van der Waals surface area contributed by atoms with Crippen molar-refractivity contribution in [2.24, 2.45) is 0 Å². The summed E-state index contributed by atoms with van der Waals surface area (Å²) in [5, 5.41) is 1.05. The lowest BCUT2D eigenvalue weighted by Crippen LogP contribution is -1.94. The average molecular weight is 203 g/mol. The summed E-state index contributed by atoms with van der Waals surface area (Å²) >= 11 is 7.08. The zero-order chi connectivity index (χ0) is 8.81. The van der Waals surface area contributed by atoms with Crippen LogP contribution in [-0.4, -0.2) is 15.3 Å². The van der Waals surface area contributed by atoms with Gasteiger partial charge < -0.3 is 4.57 Å². The predicted molar refractivity (Wildman–Crippen MR) is 53.6 cm³/mol. The molecule has 2 nitrogen and oxygen atoms in total. The Hall–Kier alpha value is -0.410. The third kappa shape index (κ3) is 2.57. The van der Waals surface area contributed by atoms with Crippen LogP contribution in [0.2, 0.25) is 0 Å². The van der Waals surface area contributed by atoms with Crippen molar-refractivity contribution in [1.82, 2.24) is 9.55 Å². The Kier molecular flexibility index (Phi) is 4.25. The fraction of sp³-hybridized carbons (Fsp3) is 0.375. The number of nitrogens with zero attached hydrogens (tertiary/aromatic N) is 2. The monoisotopic (exact) mass is 202 g/mol. The van der Waals surface area contributed by atoms with E-state index < -0.39 is 0 Å². The van der Waals surface area contributed by atoms with E-state index in [1.165, 1.54) is 5.54 Å². The normalized spacial score (nSPS) is 11.2. The Morgan fingerprint density at radius 3 is 3.25 bits per heavy atom. The van der Waals surface area contributed by atoms with Gasteiger partial charge in [0, 0.05) is 30.2 Å². The van der Waals surface area contributed by atoms with Crippen molar-refractivity contribution >= 4 is 23.4 Å². The molecule has 0 aliphatic rings. The van der Waals surface area contributed by atoms with Crippen LogP contribution in [-0.2, 0) is 6.54 Å². The topological polar surface area (TPSA) is 17.8 Å². The van der Waals surface area contributed by atoms with E-state index in [-0.39, 0.29) is 0 Å². The second-order valence-electron chi connectivity index (χ2n) is 2.17. The van der Waals surface area contributed by atoms with Gasteiger partial charge in [0.2, 0.25) is 0 Å². The molecule has 1 aromatic rings. The highest BCUT2D eigenvalue weighted by Crippen LogP contribution is 2.15. The minimum atomic E-state index is 0.876. The first-order valence-electron chi connectivity index (χ1n) is 3.77. The molecule has 0 saturated carbocycles. The summed E-state index contributed by atoms with van der Waals surface area (Å²) < 4.78 is 2.10. The molecular weight excluding hydrogens is 192 g/mol. The van der Waals surface area contributed by atoms with E-state index in [4.69, 9.17) is 11.6 Å². The maximum Gasteiger partial charge on any atom is 0.168 e. The van der Waals surface area contributed by atoms with Crippen LogP contribution in [0, 0.1) is 0 Å². The number of imidazole rings is 1. The summed E-state index contributed by atoms with van der Waals surface area (Å²) in [4.78, 5) is 4.21. The van der Waals surface area contributed by atoms with Gasteiger partial charge in [-0.3, -0.25) is 0 Å². The third-order valence-electron chi connectivity index (χ3n) is 1.42. The average Bonchev–Trinajstić information content (AvgIpc) is 2.52. The first-order chi connectivity index (χ1) is 5.88. The first kappa shape index (κ1) is 9.68. The van der Waals surface area contributed by atoms with Crippen LogP contribution in [0.3, 0.4) is 0 Å². The van der Waals surface area contributed by atoms with E-state index in [2.05, 4.69) is 16.5 Å². The van der Waals surface area contributed by atoms with Crippen LogP contribution in [0.25, 0.3) is 0 Å². The number of hydrogen-bond donors (Lipinski definition) is 0. The Morgan fingerprint density at radius 1 is 1.75 bits per heavy atom. The zero-order valence-electron chi connectivity index (χ0n) is 6.90. The third-order valence-corrected chi connectivity index (χ3v) is 2.55. The molecule has 0 fully saturated rings. The molecule has 0 bridgehead atoms. The number of rotatable bonds is 4. The minimum Gasteiger partial charge on any atom is -0.326 e. The molecule has 0 atom stereocenters. The van der Waals surface area contributed by atoms with Crippen LogP contribution in [0.4, 0.5) is 0 Å². The molecular formula is C8H11ClN2S. The lowest BCUT2D eigenvalue weighted by atomic mass is 10.7. The van der Waals surface area contributed by atoms with E-state index in [9.17, 15) is 0 Å². The lowest BCUT2D eigenvalue weighted by molar-refractivity contribution is 0.681. The van der Waals surface area contributed by atoms with Gasteiger partial charge in [-0.2, -0.15) is 0 Å². The van der Waals surface area contributed by atoms with Gasteiger partial charge in [0.1, 0.15) is 0 Å². The number of aryl methyl sites for hydroxylation is 1. The molecule has 1 aromatic heterocycles. The van der Waals surface area contributed by atoms with Gasteiger partial charge in [-0.05, 0) is 6.92 Å². The molecule has 0 unspecified atom stereocenters. The Bertz CT molecular complexity index is 257. The van der Waals surface area contributed by atoms with Crippen molar-refractivity contribution < 1.29 is 0 Å². The van der Waals surface area contributed by atoms with Crippen molar-refractivity contribution in [3.8, 4) is 0 Å². The van der Waals surface area contributed by atoms with Crippen molar-refractivity contribution in [3.05, 3.63) is 24.0 Å². The standard InChI is InChI=1S/C8H11ClN2S/c1-2-11-6-5-10-8(11)12-7-3-4-9/h3-6H,2,7H2,1H3/b4-3+. The highest BCUT2D eigenvalue weighted by atomic mass is 35.5. The first-order valence-corrected chi connectivity index (χ1v) is 5.19. The molecule has 0 spiro atoms. The molecule has 4 heteroatoms. The molecule has 0 aliphatic carbocycles. The summed E-state index contributed by atoms with van der Waals surface area (Å²) in [5.74, 6) is 0.876. The molecule has 66 valence electrons. The van der Waals surface area contributed by atoms with Crippen molar-refractivity contribution in [2.45, 2.75) is 18.6 Å². The van der Waals surface area contributed by atoms with Gasteiger partial charge in [-0.1, -0.05) is 29.4 Å². The largest absolute Gasteiger partial charge is 0.326 e.